The Labute approximate surface area is 131 Å². The summed E-state index contributed by atoms with van der Waals surface area (Å²) in [5.74, 6) is 0.0580. The van der Waals surface area contributed by atoms with E-state index in [0.717, 1.165) is 19.3 Å². The van der Waals surface area contributed by atoms with Crippen LogP contribution in [0, 0.1) is 16.0 Å². The number of carbonyl (C=O) groups is 1. The number of para-hydroxylation sites is 1. The number of nitro groups is 1. The van der Waals surface area contributed by atoms with Gasteiger partial charge in [-0.3, -0.25) is 14.9 Å². The van der Waals surface area contributed by atoms with Crippen LogP contribution in [-0.2, 0) is 0 Å². The molecule has 7 heteroatoms. The number of ether oxygens (including phenoxy) is 1. The van der Waals surface area contributed by atoms with Gasteiger partial charge in [-0.05, 0) is 24.8 Å². The predicted octanol–water partition coefficient (Wildman–Crippen LogP) is 2.90. The number of halogens is 1. The van der Waals surface area contributed by atoms with Crippen LogP contribution in [0.1, 0.15) is 29.6 Å². The summed E-state index contributed by atoms with van der Waals surface area (Å²) in [7, 11) is 1.32. The third-order valence-electron chi connectivity index (χ3n) is 3.73. The third-order valence-corrected chi connectivity index (χ3v) is 4.94. The first-order valence-corrected chi connectivity index (χ1v) is 7.69. The SMILES string of the molecule is COc1c(C(=O)NCC2CCCC2Br)cccc1[N+](=O)[O-]. The van der Waals surface area contributed by atoms with Gasteiger partial charge in [-0.1, -0.05) is 28.4 Å². The van der Waals surface area contributed by atoms with Gasteiger partial charge in [0.1, 0.15) is 0 Å². The topological polar surface area (TPSA) is 81.5 Å². The standard InChI is InChI=1S/C14H17BrN2O4/c1-21-13-10(5-3-7-12(13)17(19)20)14(18)16-8-9-4-2-6-11(9)15/h3,5,7,9,11H,2,4,6,8H2,1H3,(H,16,18). The molecule has 6 nitrogen and oxygen atoms in total. The Kier molecular flexibility index (Phi) is 5.17. The van der Waals surface area contributed by atoms with E-state index >= 15 is 0 Å². The fraction of sp³-hybridized carbons (Fsp3) is 0.500. The van der Waals surface area contributed by atoms with Crippen molar-refractivity contribution in [2.24, 2.45) is 5.92 Å². The molecule has 21 heavy (non-hydrogen) atoms. The average Bonchev–Trinajstić information content (AvgIpc) is 2.89. The molecular weight excluding hydrogens is 340 g/mol. The number of hydrogen-bond donors (Lipinski definition) is 1. The van der Waals surface area contributed by atoms with E-state index in [4.69, 9.17) is 4.74 Å². The van der Waals surface area contributed by atoms with Crippen molar-refractivity contribution in [3.8, 4) is 5.75 Å². The number of nitrogens with one attached hydrogen (secondary N) is 1. The molecule has 1 aromatic rings. The van der Waals surface area contributed by atoms with Crippen molar-refractivity contribution < 1.29 is 14.5 Å². The number of methoxy groups -OCH3 is 1. The van der Waals surface area contributed by atoms with Gasteiger partial charge in [0, 0.05) is 17.4 Å². The first-order valence-electron chi connectivity index (χ1n) is 6.78. The van der Waals surface area contributed by atoms with Crippen molar-refractivity contribution >= 4 is 27.5 Å². The van der Waals surface area contributed by atoms with E-state index < -0.39 is 4.92 Å². The molecule has 2 atom stereocenters. The molecule has 1 amide bonds. The second-order valence-corrected chi connectivity index (χ2v) is 6.21. The molecule has 0 radical (unpaired) electrons. The minimum Gasteiger partial charge on any atom is -0.490 e. The molecule has 0 aliphatic heterocycles. The Morgan fingerprint density at radius 1 is 1.52 bits per heavy atom. The summed E-state index contributed by atoms with van der Waals surface area (Å²) in [5, 5.41) is 13.8. The number of carbonyl (C=O) groups excluding carboxylic acids is 1. The van der Waals surface area contributed by atoms with Gasteiger partial charge in [-0.15, -0.1) is 0 Å². The number of amides is 1. The van der Waals surface area contributed by atoms with Gasteiger partial charge in [-0.2, -0.15) is 0 Å². The average molecular weight is 357 g/mol. The second kappa shape index (κ2) is 6.89. The van der Waals surface area contributed by atoms with Gasteiger partial charge in [0.15, 0.2) is 0 Å². The van der Waals surface area contributed by atoms with E-state index in [0.29, 0.717) is 17.3 Å². The summed E-state index contributed by atoms with van der Waals surface area (Å²) in [6.07, 6.45) is 3.33. The van der Waals surface area contributed by atoms with Crippen molar-refractivity contribution in [3.05, 3.63) is 33.9 Å². The summed E-state index contributed by atoms with van der Waals surface area (Å²) < 4.78 is 5.04. The molecule has 0 spiro atoms. The van der Waals surface area contributed by atoms with E-state index in [-0.39, 0.29) is 22.9 Å². The lowest BCUT2D eigenvalue weighted by Gasteiger charge is -2.15. The smallest absolute Gasteiger partial charge is 0.311 e. The predicted molar refractivity (Wildman–Crippen MR) is 82.0 cm³/mol. The maximum atomic E-state index is 12.2. The molecule has 0 aromatic heterocycles. The fourth-order valence-electron chi connectivity index (χ4n) is 2.60. The van der Waals surface area contributed by atoms with E-state index in [1.807, 2.05) is 0 Å². The van der Waals surface area contributed by atoms with E-state index in [1.54, 1.807) is 0 Å². The zero-order chi connectivity index (χ0) is 15.4. The Bertz CT molecular complexity index is 550. The molecule has 2 rings (SSSR count). The number of benzene rings is 1. The monoisotopic (exact) mass is 356 g/mol. The Hall–Kier alpha value is -1.63. The Morgan fingerprint density at radius 3 is 2.86 bits per heavy atom. The highest BCUT2D eigenvalue weighted by atomic mass is 79.9. The van der Waals surface area contributed by atoms with E-state index in [1.165, 1.54) is 25.3 Å². The van der Waals surface area contributed by atoms with Crippen molar-refractivity contribution in [3.63, 3.8) is 0 Å². The van der Waals surface area contributed by atoms with Crippen LogP contribution in [0.15, 0.2) is 18.2 Å². The van der Waals surface area contributed by atoms with Crippen LogP contribution in [0.3, 0.4) is 0 Å². The Balaban J connectivity index is 2.11. The summed E-state index contributed by atoms with van der Waals surface area (Å²) in [6, 6.07) is 4.33. The lowest BCUT2D eigenvalue weighted by Crippen LogP contribution is -2.31. The molecule has 1 aliphatic carbocycles. The van der Waals surface area contributed by atoms with E-state index in [9.17, 15) is 14.9 Å². The molecule has 1 aromatic carbocycles. The molecule has 1 N–H and O–H groups in total. The van der Waals surface area contributed by atoms with Crippen LogP contribution in [0.2, 0.25) is 0 Å². The summed E-state index contributed by atoms with van der Waals surface area (Å²) >= 11 is 3.60. The quantitative estimate of drug-likeness (QED) is 0.499. The maximum Gasteiger partial charge on any atom is 0.311 e. The van der Waals surface area contributed by atoms with Gasteiger partial charge in [0.05, 0.1) is 17.6 Å². The van der Waals surface area contributed by atoms with E-state index in [2.05, 4.69) is 21.2 Å². The number of rotatable bonds is 5. The number of alkyl halides is 1. The van der Waals surface area contributed by atoms with Crippen molar-refractivity contribution in [1.82, 2.24) is 5.32 Å². The van der Waals surface area contributed by atoms with Crippen molar-refractivity contribution in [2.45, 2.75) is 24.1 Å². The van der Waals surface area contributed by atoms with Gasteiger partial charge >= 0.3 is 5.69 Å². The normalized spacial score (nSPS) is 21.0. The molecule has 2 unspecified atom stereocenters. The largest absolute Gasteiger partial charge is 0.490 e. The van der Waals surface area contributed by atoms with Gasteiger partial charge in [-0.25, -0.2) is 0 Å². The van der Waals surface area contributed by atoms with Crippen LogP contribution >= 0.6 is 15.9 Å². The minimum atomic E-state index is -0.554. The van der Waals surface area contributed by atoms with Crippen LogP contribution in [0.5, 0.6) is 5.75 Å². The maximum absolute atomic E-state index is 12.2. The molecule has 114 valence electrons. The molecule has 0 saturated heterocycles. The number of nitro benzene ring substituents is 1. The van der Waals surface area contributed by atoms with Crippen molar-refractivity contribution in [1.29, 1.82) is 0 Å². The zero-order valence-corrected chi connectivity index (χ0v) is 13.3. The first-order chi connectivity index (χ1) is 10.0. The number of nitrogens with zero attached hydrogens (tertiary/aromatic N) is 1. The highest BCUT2D eigenvalue weighted by molar-refractivity contribution is 9.09. The first kappa shape index (κ1) is 15.8. The van der Waals surface area contributed by atoms with Gasteiger partial charge in [0.25, 0.3) is 5.91 Å². The summed E-state index contributed by atoms with van der Waals surface area (Å²) in [4.78, 5) is 23.1. The lowest BCUT2D eigenvalue weighted by molar-refractivity contribution is -0.385. The van der Waals surface area contributed by atoms with Gasteiger partial charge < -0.3 is 10.1 Å². The van der Waals surface area contributed by atoms with Crippen LogP contribution < -0.4 is 10.1 Å². The molecule has 1 fully saturated rings. The van der Waals surface area contributed by atoms with Crippen LogP contribution in [-0.4, -0.2) is 29.3 Å². The highest BCUT2D eigenvalue weighted by Gasteiger charge is 2.27. The van der Waals surface area contributed by atoms with Crippen LogP contribution in [0.25, 0.3) is 0 Å². The Morgan fingerprint density at radius 2 is 2.29 bits per heavy atom. The summed E-state index contributed by atoms with van der Waals surface area (Å²) in [5.41, 5.74) is -0.0137. The zero-order valence-electron chi connectivity index (χ0n) is 11.7. The van der Waals surface area contributed by atoms with Gasteiger partial charge in [0.2, 0.25) is 5.75 Å². The molecule has 0 bridgehead atoms. The third kappa shape index (κ3) is 3.53. The molecular formula is C14H17BrN2O4. The van der Waals surface area contributed by atoms with Crippen LogP contribution in [0.4, 0.5) is 5.69 Å². The molecule has 1 aliphatic rings. The highest BCUT2D eigenvalue weighted by Crippen LogP contribution is 2.32. The lowest BCUT2D eigenvalue weighted by atomic mass is 10.1. The minimum absolute atomic E-state index is 0.00168. The number of hydrogen-bond acceptors (Lipinski definition) is 4. The molecule has 0 heterocycles. The van der Waals surface area contributed by atoms with Crippen molar-refractivity contribution in [2.75, 3.05) is 13.7 Å². The summed E-state index contributed by atoms with van der Waals surface area (Å²) in [6.45, 7) is 0.556. The molecule has 1 saturated carbocycles. The fourth-order valence-corrected chi connectivity index (χ4v) is 3.38. The second-order valence-electron chi connectivity index (χ2n) is 5.03.